The molecule has 0 amide bonds. The fourth-order valence-electron chi connectivity index (χ4n) is 4.27. The second-order valence-corrected chi connectivity index (χ2v) is 8.08. The summed E-state index contributed by atoms with van der Waals surface area (Å²) >= 11 is 0. The number of rotatable bonds is 4. The van der Waals surface area contributed by atoms with Gasteiger partial charge in [-0.05, 0) is 43.9 Å². The Balaban J connectivity index is 1.49. The molecule has 6 heteroatoms. The molecule has 3 heterocycles. The first-order chi connectivity index (χ1) is 14.6. The van der Waals surface area contributed by atoms with Gasteiger partial charge in [0.05, 0.1) is 17.4 Å². The van der Waals surface area contributed by atoms with Crippen molar-refractivity contribution in [1.82, 2.24) is 19.7 Å². The SMILES string of the molecule is Cc1ccc(-c2cnn(CC3C[C@H](F)[C@@H](F)C3)c2)c(-c2ccc3cccnc3c2)n1. The summed E-state index contributed by atoms with van der Waals surface area (Å²) < 4.78 is 28.8. The lowest BCUT2D eigenvalue weighted by atomic mass is 10.00. The first kappa shape index (κ1) is 18.9. The molecule has 1 aliphatic rings. The van der Waals surface area contributed by atoms with Crippen LogP contribution in [0.5, 0.6) is 0 Å². The van der Waals surface area contributed by atoms with E-state index in [4.69, 9.17) is 4.98 Å². The van der Waals surface area contributed by atoms with E-state index in [0.29, 0.717) is 6.54 Å². The number of nitrogens with zero attached hydrogens (tertiary/aromatic N) is 4. The Labute approximate surface area is 173 Å². The van der Waals surface area contributed by atoms with E-state index < -0.39 is 12.3 Å². The van der Waals surface area contributed by atoms with E-state index in [0.717, 1.165) is 39.0 Å². The zero-order chi connectivity index (χ0) is 20.7. The molecule has 30 heavy (non-hydrogen) atoms. The monoisotopic (exact) mass is 404 g/mol. The summed E-state index contributed by atoms with van der Waals surface area (Å²) in [4.78, 5) is 9.26. The van der Waals surface area contributed by atoms with Crippen molar-refractivity contribution < 1.29 is 8.78 Å². The zero-order valence-electron chi connectivity index (χ0n) is 16.7. The van der Waals surface area contributed by atoms with Crippen molar-refractivity contribution in [2.45, 2.75) is 38.7 Å². The van der Waals surface area contributed by atoms with Crippen LogP contribution in [0.25, 0.3) is 33.3 Å². The maximum atomic E-state index is 13.5. The Hall–Kier alpha value is -3.15. The van der Waals surface area contributed by atoms with Gasteiger partial charge in [-0.2, -0.15) is 5.10 Å². The Kier molecular flexibility index (Phi) is 4.77. The molecule has 4 nitrogen and oxygen atoms in total. The van der Waals surface area contributed by atoms with E-state index >= 15 is 0 Å². The highest BCUT2D eigenvalue weighted by atomic mass is 19.2. The van der Waals surface area contributed by atoms with Gasteiger partial charge in [0.25, 0.3) is 0 Å². The fraction of sp³-hybridized carbons (Fsp3) is 0.292. The van der Waals surface area contributed by atoms with Gasteiger partial charge >= 0.3 is 0 Å². The highest BCUT2D eigenvalue weighted by Gasteiger charge is 2.34. The van der Waals surface area contributed by atoms with E-state index in [1.54, 1.807) is 17.1 Å². The molecule has 1 fully saturated rings. The molecule has 1 saturated carbocycles. The Bertz CT molecular complexity index is 1190. The van der Waals surface area contributed by atoms with Gasteiger partial charge in [0, 0.05) is 46.7 Å². The first-order valence-corrected chi connectivity index (χ1v) is 10.2. The third kappa shape index (κ3) is 3.58. The van der Waals surface area contributed by atoms with Crippen LogP contribution in [-0.4, -0.2) is 32.1 Å². The van der Waals surface area contributed by atoms with Crippen molar-refractivity contribution in [2.24, 2.45) is 5.92 Å². The van der Waals surface area contributed by atoms with Gasteiger partial charge in [0.15, 0.2) is 0 Å². The molecule has 0 spiro atoms. The molecule has 1 aromatic carbocycles. The van der Waals surface area contributed by atoms with Crippen molar-refractivity contribution in [3.63, 3.8) is 0 Å². The lowest BCUT2D eigenvalue weighted by molar-refractivity contribution is 0.199. The van der Waals surface area contributed by atoms with Gasteiger partial charge in [0.2, 0.25) is 0 Å². The van der Waals surface area contributed by atoms with E-state index in [2.05, 4.69) is 22.2 Å². The summed E-state index contributed by atoms with van der Waals surface area (Å²) in [6, 6.07) is 14.1. The molecule has 0 aliphatic heterocycles. The molecule has 4 aromatic rings. The smallest absolute Gasteiger partial charge is 0.131 e. The molecule has 0 unspecified atom stereocenters. The standard InChI is InChI=1S/C24H22F2N4/c1-15-4-7-20(19-12-28-30(14-19)13-16-9-21(25)22(26)10-16)24(29-15)18-6-5-17-3-2-8-27-23(17)11-18/h2-8,11-12,14,16,21-22H,9-10,13H2,1H3/t21-,22-/m0/s1. The minimum atomic E-state index is -1.35. The van der Waals surface area contributed by atoms with Gasteiger partial charge in [0.1, 0.15) is 12.3 Å². The summed E-state index contributed by atoms with van der Waals surface area (Å²) in [5, 5.41) is 5.53. The number of hydrogen-bond acceptors (Lipinski definition) is 3. The van der Waals surface area contributed by atoms with Gasteiger partial charge in [-0.1, -0.05) is 24.3 Å². The maximum absolute atomic E-state index is 13.5. The molecule has 2 atom stereocenters. The molecule has 0 bridgehead atoms. The second-order valence-electron chi connectivity index (χ2n) is 8.08. The molecule has 1 aliphatic carbocycles. The number of aryl methyl sites for hydroxylation is 1. The number of hydrogen-bond donors (Lipinski definition) is 0. The molecule has 5 rings (SSSR count). The molecule has 0 saturated heterocycles. The molecular weight excluding hydrogens is 382 g/mol. The Morgan fingerprint density at radius 2 is 1.87 bits per heavy atom. The number of halogens is 2. The van der Waals surface area contributed by atoms with E-state index in [1.807, 2.05) is 43.5 Å². The largest absolute Gasteiger partial charge is 0.272 e. The fourth-order valence-corrected chi connectivity index (χ4v) is 4.27. The van der Waals surface area contributed by atoms with Crippen LogP contribution in [0, 0.1) is 12.8 Å². The van der Waals surface area contributed by atoms with Crippen molar-refractivity contribution in [1.29, 1.82) is 0 Å². The van der Waals surface area contributed by atoms with Crippen LogP contribution in [0.4, 0.5) is 8.78 Å². The summed E-state index contributed by atoms with van der Waals surface area (Å²) in [5.41, 5.74) is 5.61. The quantitative estimate of drug-likeness (QED) is 0.448. The normalized spacial score (nSPS) is 19.6. The second kappa shape index (κ2) is 7.59. The minimum Gasteiger partial charge on any atom is -0.272 e. The number of pyridine rings is 2. The topological polar surface area (TPSA) is 43.6 Å². The van der Waals surface area contributed by atoms with Crippen molar-refractivity contribution in [3.05, 3.63) is 66.7 Å². The number of aromatic nitrogens is 4. The average Bonchev–Trinajstić information content (AvgIpc) is 3.33. The van der Waals surface area contributed by atoms with Crippen LogP contribution < -0.4 is 0 Å². The van der Waals surface area contributed by atoms with Crippen LogP contribution in [0.3, 0.4) is 0 Å². The average molecular weight is 404 g/mol. The number of alkyl halides is 2. The van der Waals surface area contributed by atoms with Crippen LogP contribution in [-0.2, 0) is 6.54 Å². The summed E-state index contributed by atoms with van der Waals surface area (Å²) in [5.74, 6) is -0.0232. The lowest BCUT2D eigenvalue weighted by Gasteiger charge is -2.10. The molecule has 3 aromatic heterocycles. The van der Waals surface area contributed by atoms with Crippen molar-refractivity contribution in [2.75, 3.05) is 0 Å². The van der Waals surface area contributed by atoms with Crippen LogP contribution in [0.15, 0.2) is 61.1 Å². The van der Waals surface area contributed by atoms with Gasteiger partial charge < -0.3 is 0 Å². The van der Waals surface area contributed by atoms with Crippen LogP contribution in [0.1, 0.15) is 18.5 Å². The van der Waals surface area contributed by atoms with E-state index in [9.17, 15) is 8.78 Å². The third-order valence-corrected chi connectivity index (χ3v) is 5.81. The highest BCUT2D eigenvalue weighted by molar-refractivity contribution is 5.87. The summed E-state index contributed by atoms with van der Waals surface area (Å²) in [6.45, 7) is 2.49. The summed E-state index contributed by atoms with van der Waals surface area (Å²) in [6.07, 6.45) is 3.35. The number of fused-ring (bicyclic) bond motifs is 1. The molecule has 152 valence electrons. The van der Waals surface area contributed by atoms with Gasteiger partial charge in [-0.3, -0.25) is 14.6 Å². The lowest BCUT2D eigenvalue weighted by Crippen LogP contribution is -2.08. The molecular formula is C24H22F2N4. The van der Waals surface area contributed by atoms with Gasteiger partial charge in [-0.25, -0.2) is 8.78 Å². The number of benzene rings is 1. The zero-order valence-corrected chi connectivity index (χ0v) is 16.7. The van der Waals surface area contributed by atoms with Crippen LogP contribution in [0.2, 0.25) is 0 Å². The highest BCUT2D eigenvalue weighted by Crippen LogP contribution is 2.34. The van der Waals surface area contributed by atoms with Crippen molar-refractivity contribution in [3.8, 4) is 22.4 Å². The Morgan fingerprint density at radius 3 is 2.70 bits per heavy atom. The predicted octanol–water partition coefficient (Wildman–Crippen LogP) is 5.55. The summed E-state index contributed by atoms with van der Waals surface area (Å²) in [7, 11) is 0. The molecule has 0 N–H and O–H groups in total. The maximum Gasteiger partial charge on any atom is 0.131 e. The van der Waals surface area contributed by atoms with Crippen molar-refractivity contribution >= 4 is 10.9 Å². The first-order valence-electron chi connectivity index (χ1n) is 10.2. The Morgan fingerprint density at radius 1 is 1.03 bits per heavy atom. The minimum absolute atomic E-state index is 0.0232. The predicted molar refractivity (Wildman–Crippen MR) is 113 cm³/mol. The van der Waals surface area contributed by atoms with Crippen LogP contribution >= 0.6 is 0 Å². The van der Waals surface area contributed by atoms with E-state index in [1.165, 1.54) is 0 Å². The molecule has 0 radical (unpaired) electrons. The third-order valence-electron chi connectivity index (χ3n) is 5.81. The van der Waals surface area contributed by atoms with Gasteiger partial charge in [-0.15, -0.1) is 0 Å². The van der Waals surface area contributed by atoms with E-state index in [-0.39, 0.29) is 18.8 Å².